The zero-order chi connectivity index (χ0) is 19.6. The zero-order valence-electron chi connectivity index (χ0n) is 17.6. The zero-order valence-corrected chi connectivity index (χ0v) is 18.5. The maximum atomic E-state index is 13.3. The van der Waals surface area contributed by atoms with Crippen molar-refractivity contribution in [3.8, 4) is 0 Å². The first-order valence-corrected chi connectivity index (χ1v) is 11.4. The van der Waals surface area contributed by atoms with Crippen LogP contribution in [0.1, 0.15) is 55.4 Å². The van der Waals surface area contributed by atoms with Crippen LogP contribution in [0, 0.1) is 33.6 Å². The van der Waals surface area contributed by atoms with Gasteiger partial charge in [-0.25, -0.2) is 8.42 Å². The highest BCUT2D eigenvalue weighted by molar-refractivity contribution is 7.89. The van der Waals surface area contributed by atoms with Gasteiger partial charge in [0, 0.05) is 25.9 Å². The summed E-state index contributed by atoms with van der Waals surface area (Å²) < 4.78 is 28.4. The molecule has 1 unspecified atom stereocenters. The second-order valence-corrected chi connectivity index (χ2v) is 10.4. The first-order valence-electron chi connectivity index (χ1n) is 9.95. The number of rotatable bonds is 6. The Morgan fingerprint density at radius 3 is 2.04 bits per heavy atom. The van der Waals surface area contributed by atoms with Crippen LogP contribution in [-0.2, 0) is 10.0 Å². The number of hydrogen-bond acceptors (Lipinski definition) is 2. The van der Waals surface area contributed by atoms with Crippen molar-refractivity contribution in [3.05, 3.63) is 28.3 Å². The summed E-state index contributed by atoms with van der Waals surface area (Å²) in [6, 6.07) is 2.66. The SMILES string of the molecule is Cc1cc(C)c(C)c(S(=O)(=O)N2CCC([NH+](C)CCC(C)C)CC2)c1C. The van der Waals surface area contributed by atoms with Gasteiger partial charge in [0.05, 0.1) is 24.5 Å². The molecular weight excluding hydrogens is 344 g/mol. The molecule has 0 spiro atoms. The van der Waals surface area contributed by atoms with E-state index >= 15 is 0 Å². The first kappa shape index (κ1) is 21.4. The monoisotopic (exact) mass is 381 g/mol. The van der Waals surface area contributed by atoms with Crippen molar-refractivity contribution in [2.24, 2.45) is 5.92 Å². The fraction of sp³-hybridized carbons (Fsp3) is 0.714. The molecule has 26 heavy (non-hydrogen) atoms. The molecule has 1 fully saturated rings. The van der Waals surface area contributed by atoms with Crippen molar-refractivity contribution in [2.75, 3.05) is 26.7 Å². The molecule has 1 atom stereocenters. The molecule has 2 rings (SSSR count). The number of hydrogen-bond donors (Lipinski definition) is 1. The third-order valence-electron chi connectivity index (χ3n) is 6.16. The van der Waals surface area contributed by atoms with Gasteiger partial charge in [-0.15, -0.1) is 0 Å². The summed E-state index contributed by atoms with van der Waals surface area (Å²) in [7, 11) is -1.16. The van der Waals surface area contributed by atoms with Gasteiger partial charge in [0.2, 0.25) is 10.0 Å². The lowest BCUT2D eigenvalue weighted by atomic mass is 10.0. The van der Waals surface area contributed by atoms with E-state index < -0.39 is 10.0 Å². The molecule has 1 aliphatic heterocycles. The van der Waals surface area contributed by atoms with E-state index in [-0.39, 0.29) is 0 Å². The van der Waals surface area contributed by atoms with Gasteiger partial charge in [0.15, 0.2) is 0 Å². The van der Waals surface area contributed by atoms with E-state index in [1.807, 2.05) is 27.7 Å². The molecule has 1 saturated heterocycles. The summed E-state index contributed by atoms with van der Waals surface area (Å²) in [6.07, 6.45) is 3.13. The molecule has 1 aromatic carbocycles. The topological polar surface area (TPSA) is 41.8 Å². The summed E-state index contributed by atoms with van der Waals surface area (Å²) in [5.74, 6) is 0.723. The van der Waals surface area contributed by atoms with Crippen LogP contribution in [0.3, 0.4) is 0 Å². The molecule has 5 heteroatoms. The number of benzene rings is 1. The van der Waals surface area contributed by atoms with Crippen LogP contribution in [0.2, 0.25) is 0 Å². The molecule has 0 aliphatic carbocycles. The van der Waals surface area contributed by atoms with E-state index in [0.29, 0.717) is 24.0 Å². The van der Waals surface area contributed by atoms with Crippen LogP contribution in [0.15, 0.2) is 11.0 Å². The fourth-order valence-corrected chi connectivity index (χ4v) is 6.05. The Hall–Kier alpha value is -0.910. The Morgan fingerprint density at radius 1 is 1.08 bits per heavy atom. The van der Waals surface area contributed by atoms with Crippen molar-refractivity contribution in [2.45, 2.75) is 71.7 Å². The molecule has 0 amide bonds. The summed E-state index contributed by atoms with van der Waals surface area (Å²) in [6.45, 7) is 14.8. The van der Waals surface area contributed by atoms with Gasteiger partial charge in [-0.05, 0) is 62.3 Å². The second kappa shape index (κ2) is 8.41. The van der Waals surface area contributed by atoms with Crippen molar-refractivity contribution in [1.29, 1.82) is 0 Å². The summed E-state index contributed by atoms with van der Waals surface area (Å²) in [5, 5.41) is 0. The number of quaternary nitrogens is 1. The Labute approximate surface area is 160 Å². The molecule has 0 aromatic heterocycles. The van der Waals surface area contributed by atoms with E-state index in [1.165, 1.54) is 13.0 Å². The van der Waals surface area contributed by atoms with Gasteiger partial charge in [-0.1, -0.05) is 19.9 Å². The Morgan fingerprint density at radius 2 is 1.58 bits per heavy atom. The lowest BCUT2D eigenvalue weighted by molar-refractivity contribution is -0.907. The van der Waals surface area contributed by atoms with Gasteiger partial charge < -0.3 is 4.90 Å². The first-order chi connectivity index (χ1) is 12.1. The molecular formula is C21H37N2O2S+. The average molecular weight is 382 g/mol. The van der Waals surface area contributed by atoms with Crippen LogP contribution < -0.4 is 4.90 Å². The third kappa shape index (κ3) is 4.49. The van der Waals surface area contributed by atoms with E-state index in [4.69, 9.17) is 0 Å². The smallest absolute Gasteiger partial charge is 0.243 e. The van der Waals surface area contributed by atoms with E-state index in [2.05, 4.69) is 27.0 Å². The lowest BCUT2D eigenvalue weighted by Gasteiger charge is -2.35. The molecule has 1 aromatic rings. The molecule has 148 valence electrons. The number of nitrogens with one attached hydrogen (secondary N) is 1. The van der Waals surface area contributed by atoms with Crippen molar-refractivity contribution < 1.29 is 13.3 Å². The molecule has 0 radical (unpaired) electrons. The molecule has 1 aliphatic rings. The lowest BCUT2D eigenvalue weighted by Crippen LogP contribution is -3.13. The van der Waals surface area contributed by atoms with E-state index in [9.17, 15) is 8.42 Å². The molecule has 1 N–H and O–H groups in total. The van der Waals surface area contributed by atoms with Gasteiger partial charge in [-0.2, -0.15) is 4.31 Å². The van der Waals surface area contributed by atoms with Gasteiger partial charge in [-0.3, -0.25) is 0 Å². The maximum Gasteiger partial charge on any atom is 0.243 e. The average Bonchev–Trinajstić information content (AvgIpc) is 2.58. The number of nitrogens with zero attached hydrogens (tertiary/aromatic N) is 1. The highest BCUT2D eigenvalue weighted by Gasteiger charge is 2.34. The molecule has 0 saturated carbocycles. The van der Waals surface area contributed by atoms with Crippen molar-refractivity contribution in [1.82, 2.24) is 4.31 Å². The summed E-state index contributed by atoms with van der Waals surface area (Å²) in [4.78, 5) is 2.09. The van der Waals surface area contributed by atoms with Crippen molar-refractivity contribution in [3.63, 3.8) is 0 Å². The predicted octanol–water partition coefficient (Wildman–Crippen LogP) is 2.63. The maximum absolute atomic E-state index is 13.3. The second-order valence-electron chi connectivity index (χ2n) is 8.55. The summed E-state index contributed by atoms with van der Waals surface area (Å²) in [5.41, 5.74) is 3.91. The Balaban J connectivity index is 2.14. The summed E-state index contributed by atoms with van der Waals surface area (Å²) >= 11 is 0. The highest BCUT2D eigenvalue weighted by atomic mass is 32.2. The Bertz CT molecular complexity index is 707. The van der Waals surface area contributed by atoms with Crippen LogP contribution >= 0.6 is 0 Å². The molecule has 4 nitrogen and oxygen atoms in total. The van der Waals surface area contributed by atoms with Crippen LogP contribution in [-0.4, -0.2) is 45.4 Å². The van der Waals surface area contributed by atoms with Crippen molar-refractivity contribution >= 4 is 10.0 Å². The Kier molecular flexibility index (Phi) is 6.92. The fourth-order valence-electron chi connectivity index (χ4n) is 4.01. The van der Waals surface area contributed by atoms with Gasteiger partial charge in [0.25, 0.3) is 0 Å². The third-order valence-corrected chi connectivity index (χ3v) is 8.34. The van der Waals surface area contributed by atoms with Crippen LogP contribution in [0.5, 0.6) is 0 Å². The normalized spacial score (nSPS) is 18.5. The highest BCUT2D eigenvalue weighted by Crippen LogP contribution is 2.30. The molecule has 0 bridgehead atoms. The largest absolute Gasteiger partial charge is 0.335 e. The van der Waals surface area contributed by atoms with Gasteiger partial charge >= 0.3 is 0 Å². The minimum atomic E-state index is -3.42. The van der Waals surface area contributed by atoms with Crippen LogP contribution in [0.4, 0.5) is 0 Å². The standard InChI is InChI=1S/C21H36N2O2S/c1-15(2)8-11-22(7)20-9-12-23(13-10-20)26(24,25)21-18(5)16(3)14-17(4)19(21)6/h14-15,20H,8-13H2,1-7H3/p+1. The van der Waals surface area contributed by atoms with E-state index in [0.717, 1.165) is 41.0 Å². The number of aryl methyl sites for hydroxylation is 2. The van der Waals surface area contributed by atoms with E-state index in [1.54, 1.807) is 9.21 Å². The molecule has 1 heterocycles. The number of sulfonamides is 1. The minimum Gasteiger partial charge on any atom is -0.335 e. The van der Waals surface area contributed by atoms with Crippen LogP contribution in [0.25, 0.3) is 0 Å². The minimum absolute atomic E-state index is 0.536. The quantitative estimate of drug-likeness (QED) is 0.823. The number of piperidine rings is 1. The predicted molar refractivity (Wildman–Crippen MR) is 108 cm³/mol. The van der Waals surface area contributed by atoms with Gasteiger partial charge in [0.1, 0.15) is 0 Å².